The van der Waals surface area contributed by atoms with E-state index in [4.69, 9.17) is 0 Å². The Bertz CT molecular complexity index is 317. The highest BCUT2D eigenvalue weighted by molar-refractivity contribution is 6.07. The van der Waals surface area contributed by atoms with Crippen LogP contribution in [-0.2, 0) is 0 Å². The Balaban J connectivity index is 2.60. The summed E-state index contributed by atoms with van der Waals surface area (Å²) in [4.78, 5) is 11.2. The maximum Gasteiger partial charge on any atom is 0.183 e. The Labute approximate surface area is 65.2 Å². The molecular weight excluding hydrogens is 138 g/mol. The van der Waals surface area contributed by atoms with Crippen molar-refractivity contribution in [2.75, 3.05) is 11.9 Å². The second-order valence-corrected chi connectivity index (χ2v) is 2.83. The molecule has 0 saturated heterocycles. The Hall–Kier alpha value is -1.31. The van der Waals surface area contributed by atoms with Crippen LogP contribution in [0.1, 0.15) is 15.9 Å². The number of rotatable bonds is 0. The van der Waals surface area contributed by atoms with E-state index in [0.717, 1.165) is 16.8 Å². The number of carbonyl (C=O) groups is 1. The molecule has 2 rings (SSSR count). The first-order chi connectivity index (χ1) is 5.27. The van der Waals surface area contributed by atoms with Gasteiger partial charge in [-0.25, -0.2) is 0 Å². The molecule has 0 aromatic heterocycles. The van der Waals surface area contributed by atoms with E-state index < -0.39 is 0 Å². The minimum atomic E-state index is 0.198. The minimum absolute atomic E-state index is 0.198. The zero-order valence-corrected chi connectivity index (χ0v) is 6.35. The molecule has 2 heteroatoms. The van der Waals surface area contributed by atoms with Gasteiger partial charge in [0.25, 0.3) is 0 Å². The lowest BCUT2D eigenvalue weighted by Crippen LogP contribution is -2.00. The second kappa shape index (κ2) is 2.09. The highest BCUT2D eigenvalue weighted by Gasteiger charge is 2.17. The first-order valence-electron chi connectivity index (χ1n) is 3.65. The van der Waals surface area contributed by atoms with Crippen LogP contribution in [0, 0.1) is 6.92 Å². The largest absolute Gasteiger partial charge is 0.377 e. The van der Waals surface area contributed by atoms with Crippen molar-refractivity contribution in [1.29, 1.82) is 0 Å². The van der Waals surface area contributed by atoms with Crippen molar-refractivity contribution in [3.63, 3.8) is 0 Å². The van der Waals surface area contributed by atoms with E-state index in [9.17, 15) is 4.79 Å². The van der Waals surface area contributed by atoms with Gasteiger partial charge in [0.15, 0.2) is 5.78 Å². The zero-order chi connectivity index (χ0) is 7.84. The molecule has 11 heavy (non-hydrogen) atoms. The van der Waals surface area contributed by atoms with Crippen molar-refractivity contribution in [1.82, 2.24) is 0 Å². The van der Waals surface area contributed by atoms with Crippen molar-refractivity contribution in [2.24, 2.45) is 0 Å². The highest BCUT2D eigenvalue weighted by Crippen LogP contribution is 2.22. The smallest absolute Gasteiger partial charge is 0.183 e. The molecule has 0 aliphatic carbocycles. The zero-order valence-electron chi connectivity index (χ0n) is 6.35. The molecule has 2 nitrogen and oxygen atoms in total. The normalized spacial score (nSPS) is 14.5. The van der Waals surface area contributed by atoms with Gasteiger partial charge in [0.2, 0.25) is 0 Å². The molecule has 1 aromatic carbocycles. The minimum Gasteiger partial charge on any atom is -0.377 e. The van der Waals surface area contributed by atoms with Crippen molar-refractivity contribution >= 4 is 11.5 Å². The molecule has 0 radical (unpaired) electrons. The standard InChI is InChI=1S/C9H9NO/c1-6-2-3-8-7(4-6)9(11)5-10-8/h2-4,10H,5H2,1H3. The van der Waals surface area contributed by atoms with Gasteiger partial charge in [0, 0.05) is 11.3 Å². The average Bonchev–Trinajstić information content (AvgIpc) is 2.33. The third-order valence-corrected chi connectivity index (χ3v) is 1.91. The Kier molecular flexibility index (Phi) is 1.22. The number of fused-ring (bicyclic) bond motifs is 1. The number of hydrogen-bond donors (Lipinski definition) is 1. The van der Waals surface area contributed by atoms with Gasteiger partial charge in [-0.3, -0.25) is 4.79 Å². The van der Waals surface area contributed by atoms with Gasteiger partial charge in [-0.05, 0) is 19.1 Å². The van der Waals surface area contributed by atoms with Crippen LogP contribution in [0.4, 0.5) is 5.69 Å². The van der Waals surface area contributed by atoms with E-state index >= 15 is 0 Å². The second-order valence-electron chi connectivity index (χ2n) is 2.83. The molecule has 0 fully saturated rings. The van der Waals surface area contributed by atoms with Crippen LogP contribution in [-0.4, -0.2) is 12.3 Å². The lowest BCUT2D eigenvalue weighted by atomic mass is 10.1. The van der Waals surface area contributed by atoms with Gasteiger partial charge in [-0.1, -0.05) is 11.6 Å². The molecule has 1 aromatic rings. The van der Waals surface area contributed by atoms with E-state index in [1.54, 1.807) is 0 Å². The van der Waals surface area contributed by atoms with Crippen LogP contribution >= 0.6 is 0 Å². The van der Waals surface area contributed by atoms with Crippen LogP contribution in [0.2, 0.25) is 0 Å². The molecule has 0 saturated carbocycles. The summed E-state index contributed by atoms with van der Waals surface area (Å²) in [6, 6.07) is 5.89. The fourth-order valence-electron chi connectivity index (χ4n) is 1.31. The summed E-state index contributed by atoms with van der Waals surface area (Å²) >= 11 is 0. The Morgan fingerprint density at radius 3 is 3.09 bits per heavy atom. The predicted molar refractivity (Wildman–Crippen MR) is 44.0 cm³/mol. The molecule has 0 unspecified atom stereocenters. The van der Waals surface area contributed by atoms with E-state index in [2.05, 4.69) is 5.32 Å². The van der Waals surface area contributed by atoms with Crippen LogP contribution in [0.5, 0.6) is 0 Å². The molecule has 0 bridgehead atoms. The molecule has 0 spiro atoms. The van der Waals surface area contributed by atoms with Crippen molar-refractivity contribution in [3.8, 4) is 0 Å². The number of carbonyl (C=O) groups excluding carboxylic acids is 1. The lowest BCUT2D eigenvalue weighted by molar-refractivity contribution is 0.101. The predicted octanol–water partition coefficient (Wildman–Crippen LogP) is 1.60. The van der Waals surface area contributed by atoms with Gasteiger partial charge in [0.05, 0.1) is 6.54 Å². The van der Waals surface area contributed by atoms with Crippen molar-refractivity contribution < 1.29 is 4.79 Å². The average molecular weight is 147 g/mol. The van der Waals surface area contributed by atoms with Gasteiger partial charge in [-0.2, -0.15) is 0 Å². The molecule has 0 amide bonds. The van der Waals surface area contributed by atoms with Gasteiger partial charge in [-0.15, -0.1) is 0 Å². The number of Topliss-reactive ketones (excluding diaryl/α,β-unsaturated/α-hetero) is 1. The summed E-state index contributed by atoms with van der Waals surface area (Å²) in [6.07, 6.45) is 0. The van der Waals surface area contributed by atoms with Crippen LogP contribution in [0.25, 0.3) is 0 Å². The summed E-state index contributed by atoms with van der Waals surface area (Å²) in [5.74, 6) is 0.198. The first kappa shape index (κ1) is 6.40. The topological polar surface area (TPSA) is 29.1 Å². The molecule has 1 aliphatic rings. The van der Waals surface area contributed by atoms with Crippen molar-refractivity contribution in [2.45, 2.75) is 6.92 Å². The summed E-state index contributed by atoms with van der Waals surface area (Å²) < 4.78 is 0. The third kappa shape index (κ3) is 0.909. The number of hydrogen-bond acceptors (Lipinski definition) is 2. The molecule has 56 valence electrons. The first-order valence-corrected chi connectivity index (χ1v) is 3.65. The monoisotopic (exact) mass is 147 g/mol. The third-order valence-electron chi connectivity index (χ3n) is 1.91. The maximum atomic E-state index is 11.2. The fraction of sp³-hybridized carbons (Fsp3) is 0.222. The van der Waals surface area contributed by atoms with Gasteiger partial charge < -0.3 is 5.32 Å². The molecule has 1 heterocycles. The molecule has 1 N–H and O–H groups in total. The molecule has 0 atom stereocenters. The van der Waals surface area contributed by atoms with Crippen molar-refractivity contribution in [3.05, 3.63) is 29.3 Å². The van der Waals surface area contributed by atoms with Gasteiger partial charge >= 0.3 is 0 Å². The highest BCUT2D eigenvalue weighted by atomic mass is 16.1. The summed E-state index contributed by atoms with van der Waals surface area (Å²) in [7, 11) is 0. The van der Waals surface area contributed by atoms with E-state index in [1.807, 2.05) is 25.1 Å². The van der Waals surface area contributed by atoms with Crippen LogP contribution < -0.4 is 5.32 Å². The van der Waals surface area contributed by atoms with E-state index in [0.29, 0.717) is 6.54 Å². The Morgan fingerprint density at radius 1 is 1.45 bits per heavy atom. The fourth-order valence-corrected chi connectivity index (χ4v) is 1.31. The Morgan fingerprint density at radius 2 is 2.27 bits per heavy atom. The number of aryl methyl sites for hydroxylation is 1. The van der Waals surface area contributed by atoms with Gasteiger partial charge in [0.1, 0.15) is 0 Å². The number of benzene rings is 1. The molecule has 1 aliphatic heterocycles. The van der Waals surface area contributed by atoms with Crippen LogP contribution in [0.15, 0.2) is 18.2 Å². The SMILES string of the molecule is Cc1ccc2c(c1)C(=O)CN2. The van der Waals surface area contributed by atoms with E-state index in [-0.39, 0.29) is 5.78 Å². The molecular formula is C9H9NO. The summed E-state index contributed by atoms with van der Waals surface area (Å²) in [6.45, 7) is 2.45. The number of nitrogens with one attached hydrogen (secondary N) is 1. The lowest BCUT2D eigenvalue weighted by Gasteiger charge is -1.97. The quantitative estimate of drug-likeness (QED) is 0.604. The number of anilines is 1. The number of ketones is 1. The van der Waals surface area contributed by atoms with E-state index in [1.165, 1.54) is 0 Å². The summed E-state index contributed by atoms with van der Waals surface area (Å²) in [5.41, 5.74) is 2.95. The van der Waals surface area contributed by atoms with Crippen LogP contribution in [0.3, 0.4) is 0 Å². The summed E-state index contributed by atoms with van der Waals surface area (Å²) in [5, 5.41) is 3.03. The maximum absolute atomic E-state index is 11.2.